The molecule has 14 heavy (non-hydrogen) atoms. The van der Waals surface area contributed by atoms with Crippen molar-refractivity contribution in [1.29, 1.82) is 0 Å². The Morgan fingerprint density at radius 2 is 2.14 bits per heavy atom. The van der Waals surface area contributed by atoms with Crippen LogP contribution in [-0.4, -0.2) is 11.5 Å². The Morgan fingerprint density at radius 3 is 2.71 bits per heavy atom. The molecule has 1 saturated carbocycles. The Balaban J connectivity index is 2.41. The summed E-state index contributed by atoms with van der Waals surface area (Å²) in [4.78, 5) is 4.15. The molecule has 2 rings (SSSR count). The van der Waals surface area contributed by atoms with Crippen molar-refractivity contribution in [3.8, 4) is 0 Å². The summed E-state index contributed by atoms with van der Waals surface area (Å²) in [6, 6.07) is 3.09. The highest BCUT2D eigenvalue weighted by molar-refractivity contribution is 5.21. The molecule has 3 heteroatoms. The first-order chi connectivity index (χ1) is 6.78. The standard InChI is InChI=1S/C11H15FN2/c12-9-4-3-7-14-10(9)11(8-13)5-1-2-6-11/h3-4,7H,1-2,5-6,8,13H2. The summed E-state index contributed by atoms with van der Waals surface area (Å²) in [5.41, 5.74) is 6.14. The molecule has 2 nitrogen and oxygen atoms in total. The van der Waals surface area contributed by atoms with Crippen LogP contribution in [0.15, 0.2) is 18.3 Å². The first kappa shape index (κ1) is 9.59. The van der Waals surface area contributed by atoms with Crippen LogP contribution < -0.4 is 5.73 Å². The van der Waals surface area contributed by atoms with E-state index in [0.717, 1.165) is 25.7 Å². The molecule has 0 aliphatic heterocycles. The molecule has 0 unspecified atom stereocenters. The van der Waals surface area contributed by atoms with Crippen molar-refractivity contribution in [3.05, 3.63) is 29.8 Å². The highest BCUT2D eigenvalue weighted by atomic mass is 19.1. The van der Waals surface area contributed by atoms with E-state index in [2.05, 4.69) is 4.98 Å². The lowest BCUT2D eigenvalue weighted by molar-refractivity contribution is 0.411. The first-order valence-electron chi connectivity index (χ1n) is 5.10. The van der Waals surface area contributed by atoms with Crippen LogP contribution >= 0.6 is 0 Å². The third-order valence-electron chi connectivity index (χ3n) is 3.21. The van der Waals surface area contributed by atoms with Gasteiger partial charge in [-0.3, -0.25) is 4.98 Å². The summed E-state index contributed by atoms with van der Waals surface area (Å²) in [5.74, 6) is -0.208. The zero-order valence-corrected chi connectivity index (χ0v) is 8.17. The van der Waals surface area contributed by atoms with Crippen molar-refractivity contribution >= 4 is 0 Å². The van der Waals surface area contributed by atoms with Crippen LogP contribution in [0.4, 0.5) is 4.39 Å². The highest BCUT2D eigenvalue weighted by Gasteiger charge is 2.37. The molecule has 76 valence electrons. The normalized spacial score (nSPS) is 19.9. The molecule has 0 saturated heterocycles. The lowest BCUT2D eigenvalue weighted by atomic mass is 9.82. The average Bonchev–Trinajstić information content (AvgIpc) is 2.68. The third-order valence-corrected chi connectivity index (χ3v) is 3.21. The van der Waals surface area contributed by atoms with Crippen molar-refractivity contribution in [1.82, 2.24) is 4.98 Å². The van der Waals surface area contributed by atoms with E-state index in [-0.39, 0.29) is 11.2 Å². The molecule has 1 aliphatic rings. The van der Waals surface area contributed by atoms with E-state index in [9.17, 15) is 4.39 Å². The number of hydrogen-bond acceptors (Lipinski definition) is 2. The van der Waals surface area contributed by atoms with Gasteiger partial charge in [0.1, 0.15) is 5.82 Å². The monoisotopic (exact) mass is 194 g/mol. The van der Waals surface area contributed by atoms with Crippen LogP contribution in [0.1, 0.15) is 31.4 Å². The summed E-state index contributed by atoms with van der Waals surface area (Å²) >= 11 is 0. The second-order valence-electron chi connectivity index (χ2n) is 4.03. The van der Waals surface area contributed by atoms with Gasteiger partial charge in [-0.2, -0.15) is 0 Å². The van der Waals surface area contributed by atoms with Crippen LogP contribution in [0.25, 0.3) is 0 Å². The number of pyridine rings is 1. The number of aromatic nitrogens is 1. The predicted molar refractivity (Wildman–Crippen MR) is 53.4 cm³/mol. The van der Waals surface area contributed by atoms with Crippen molar-refractivity contribution < 1.29 is 4.39 Å². The van der Waals surface area contributed by atoms with Gasteiger partial charge >= 0.3 is 0 Å². The van der Waals surface area contributed by atoms with Gasteiger partial charge in [-0.05, 0) is 25.0 Å². The molecule has 1 aromatic heterocycles. The SMILES string of the molecule is NCC1(c2ncccc2F)CCCC1. The van der Waals surface area contributed by atoms with Crippen LogP contribution in [0.5, 0.6) is 0 Å². The zero-order valence-electron chi connectivity index (χ0n) is 8.17. The molecular formula is C11H15FN2. The molecule has 0 amide bonds. The van der Waals surface area contributed by atoms with E-state index in [1.165, 1.54) is 6.07 Å². The van der Waals surface area contributed by atoms with E-state index in [4.69, 9.17) is 5.73 Å². The largest absolute Gasteiger partial charge is 0.330 e. The lowest BCUT2D eigenvalue weighted by Gasteiger charge is -2.26. The highest BCUT2D eigenvalue weighted by Crippen LogP contribution is 2.39. The summed E-state index contributed by atoms with van der Waals surface area (Å²) in [6.07, 6.45) is 5.85. The van der Waals surface area contributed by atoms with E-state index >= 15 is 0 Å². The third kappa shape index (κ3) is 1.42. The van der Waals surface area contributed by atoms with Crippen LogP contribution in [-0.2, 0) is 5.41 Å². The maximum absolute atomic E-state index is 13.6. The van der Waals surface area contributed by atoms with Gasteiger partial charge in [-0.1, -0.05) is 12.8 Å². The number of nitrogens with zero attached hydrogens (tertiary/aromatic N) is 1. The maximum atomic E-state index is 13.6. The van der Waals surface area contributed by atoms with Crippen LogP contribution in [0, 0.1) is 5.82 Å². The molecule has 2 N–H and O–H groups in total. The van der Waals surface area contributed by atoms with Crippen molar-refractivity contribution in [2.45, 2.75) is 31.1 Å². The molecule has 1 aromatic rings. The van der Waals surface area contributed by atoms with Gasteiger partial charge in [0.2, 0.25) is 0 Å². The molecule has 0 aromatic carbocycles. The average molecular weight is 194 g/mol. The molecule has 1 fully saturated rings. The molecule has 0 spiro atoms. The Hall–Kier alpha value is -0.960. The molecule has 0 atom stereocenters. The van der Waals surface area contributed by atoms with Gasteiger partial charge in [-0.15, -0.1) is 0 Å². The molecule has 0 bridgehead atoms. The minimum atomic E-state index is -0.208. The van der Waals surface area contributed by atoms with E-state index in [1.807, 2.05) is 0 Å². The van der Waals surface area contributed by atoms with Crippen LogP contribution in [0.3, 0.4) is 0 Å². The Kier molecular flexibility index (Phi) is 2.50. The minimum Gasteiger partial charge on any atom is -0.330 e. The Bertz CT molecular complexity index is 319. The number of halogens is 1. The van der Waals surface area contributed by atoms with Gasteiger partial charge in [-0.25, -0.2) is 4.39 Å². The van der Waals surface area contributed by atoms with Gasteiger partial charge in [0.05, 0.1) is 5.69 Å². The second-order valence-corrected chi connectivity index (χ2v) is 4.03. The summed E-state index contributed by atoms with van der Waals surface area (Å²) in [5, 5.41) is 0. The first-order valence-corrected chi connectivity index (χ1v) is 5.10. The minimum absolute atomic E-state index is 0.189. The van der Waals surface area contributed by atoms with E-state index in [1.54, 1.807) is 12.3 Å². The number of rotatable bonds is 2. The topological polar surface area (TPSA) is 38.9 Å². The molecule has 1 heterocycles. The fourth-order valence-electron chi connectivity index (χ4n) is 2.37. The van der Waals surface area contributed by atoms with Gasteiger partial charge in [0, 0.05) is 18.2 Å². The molecule has 1 aliphatic carbocycles. The quantitative estimate of drug-likeness (QED) is 0.782. The van der Waals surface area contributed by atoms with Crippen molar-refractivity contribution in [2.24, 2.45) is 5.73 Å². The Morgan fingerprint density at radius 1 is 1.43 bits per heavy atom. The van der Waals surface area contributed by atoms with Crippen molar-refractivity contribution in [3.63, 3.8) is 0 Å². The summed E-state index contributed by atoms with van der Waals surface area (Å²) in [7, 11) is 0. The number of nitrogens with two attached hydrogens (primary N) is 1. The van der Waals surface area contributed by atoms with Gasteiger partial charge < -0.3 is 5.73 Å². The summed E-state index contributed by atoms with van der Waals surface area (Å²) < 4.78 is 13.6. The van der Waals surface area contributed by atoms with E-state index in [0.29, 0.717) is 12.2 Å². The maximum Gasteiger partial charge on any atom is 0.145 e. The van der Waals surface area contributed by atoms with Crippen LogP contribution in [0.2, 0.25) is 0 Å². The lowest BCUT2D eigenvalue weighted by Crippen LogP contribution is -2.34. The molecular weight excluding hydrogens is 179 g/mol. The zero-order chi connectivity index (χ0) is 10.0. The smallest absolute Gasteiger partial charge is 0.145 e. The molecule has 0 radical (unpaired) electrons. The fourth-order valence-corrected chi connectivity index (χ4v) is 2.37. The number of hydrogen-bond donors (Lipinski definition) is 1. The van der Waals surface area contributed by atoms with Crippen molar-refractivity contribution in [2.75, 3.05) is 6.54 Å². The van der Waals surface area contributed by atoms with E-state index < -0.39 is 0 Å². The summed E-state index contributed by atoms with van der Waals surface area (Å²) in [6.45, 7) is 0.501. The van der Waals surface area contributed by atoms with Gasteiger partial charge in [0.15, 0.2) is 0 Å². The predicted octanol–water partition coefficient (Wildman–Crippen LogP) is 1.99. The van der Waals surface area contributed by atoms with Gasteiger partial charge in [0.25, 0.3) is 0 Å². The second kappa shape index (κ2) is 3.65. The fraction of sp³-hybridized carbons (Fsp3) is 0.545. The Labute approximate surface area is 83.3 Å².